The molecule has 3 N–H and O–H groups in total. The summed E-state index contributed by atoms with van der Waals surface area (Å²) in [6.45, 7) is 0. The molecule has 0 spiro atoms. The molecule has 1 aliphatic carbocycles. The second-order valence-electron chi connectivity index (χ2n) is 3.85. The molecule has 1 aromatic rings. The van der Waals surface area contributed by atoms with Crippen molar-refractivity contribution in [3.63, 3.8) is 0 Å². The monoisotopic (exact) mass is 180 g/mol. The van der Waals surface area contributed by atoms with E-state index in [2.05, 4.69) is 10.5 Å². The van der Waals surface area contributed by atoms with Crippen molar-refractivity contribution < 1.29 is 0 Å². The third-order valence-electron chi connectivity index (χ3n) is 2.59. The summed E-state index contributed by atoms with van der Waals surface area (Å²) in [6, 6.07) is 0.279. The normalized spacial score (nSPS) is 18.9. The lowest BCUT2D eigenvalue weighted by Crippen LogP contribution is -2.28. The smallest absolute Gasteiger partial charge is 0.0538 e. The van der Waals surface area contributed by atoms with Crippen molar-refractivity contribution >= 4 is 0 Å². The van der Waals surface area contributed by atoms with Gasteiger partial charge in [0.15, 0.2) is 0 Å². The minimum Gasteiger partial charge on any atom is -0.275 e. The number of hydrogen-bond donors (Lipinski definition) is 2. The Morgan fingerprint density at radius 1 is 1.77 bits per heavy atom. The van der Waals surface area contributed by atoms with Crippen LogP contribution in [0.3, 0.4) is 0 Å². The minimum absolute atomic E-state index is 0.279. The average molecular weight is 180 g/mol. The number of nitrogens with one attached hydrogen (secondary N) is 1. The van der Waals surface area contributed by atoms with Crippen LogP contribution in [0.5, 0.6) is 0 Å². The molecule has 1 aliphatic rings. The van der Waals surface area contributed by atoms with Crippen molar-refractivity contribution in [2.24, 2.45) is 18.8 Å². The fraction of sp³-hybridized carbons (Fsp3) is 0.667. The largest absolute Gasteiger partial charge is 0.275 e. The van der Waals surface area contributed by atoms with Crippen LogP contribution in [0.2, 0.25) is 0 Å². The van der Waals surface area contributed by atoms with Gasteiger partial charge in [-0.2, -0.15) is 5.10 Å². The summed E-state index contributed by atoms with van der Waals surface area (Å²) in [7, 11) is 1.92. The van der Waals surface area contributed by atoms with Crippen LogP contribution in [0.1, 0.15) is 30.9 Å². The molecule has 0 saturated heterocycles. The first-order valence-corrected chi connectivity index (χ1v) is 4.74. The molecule has 1 unspecified atom stereocenters. The molecule has 0 aromatic carbocycles. The van der Waals surface area contributed by atoms with Crippen molar-refractivity contribution in [2.45, 2.75) is 25.3 Å². The Morgan fingerprint density at radius 2 is 2.54 bits per heavy atom. The van der Waals surface area contributed by atoms with Gasteiger partial charge in [-0.15, -0.1) is 0 Å². The SMILES string of the molecule is Cn1cc(C(CC2CC2)NN)cn1. The predicted octanol–water partition coefficient (Wildman–Crippen LogP) is 0.725. The third kappa shape index (κ3) is 2.08. The molecular formula is C9H16N4. The predicted molar refractivity (Wildman–Crippen MR) is 50.6 cm³/mol. The Labute approximate surface area is 78.1 Å². The molecule has 1 fully saturated rings. The molecule has 13 heavy (non-hydrogen) atoms. The Bertz CT molecular complexity index is 277. The Kier molecular flexibility index (Phi) is 2.33. The molecule has 0 bridgehead atoms. The Hall–Kier alpha value is -0.870. The molecule has 0 amide bonds. The van der Waals surface area contributed by atoms with Crippen LogP contribution in [-0.2, 0) is 7.05 Å². The van der Waals surface area contributed by atoms with Crippen LogP contribution in [0, 0.1) is 5.92 Å². The van der Waals surface area contributed by atoms with Gasteiger partial charge >= 0.3 is 0 Å². The first-order valence-electron chi connectivity index (χ1n) is 4.74. The van der Waals surface area contributed by atoms with E-state index in [-0.39, 0.29) is 6.04 Å². The second-order valence-corrected chi connectivity index (χ2v) is 3.85. The number of aryl methyl sites for hydroxylation is 1. The van der Waals surface area contributed by atoms with Crippen LogP contribution in [0.4, 0.5) is 0 Å². The van der Waals surface area contributed by atoms with E-state index in [0.717, 1.165) is 12.3 Å². The molecule has 1 atom stereocenters. The molecular weight excluding hydrogens is 164 g/mol. The highest BCUT2D eigenvalue weighted by Crippen LogP contribution is 2.37. The van der Waals surface area contributed by atoms with Crippen molar-refractivity contribution in [1.29, 1.82) is 0 Å². The van der Waals surface area contributed by atoms with E-state index in [1.165, 1.54) is 18.4 Å². The van der Waals surface area contributed by atoms with Gasteiger partial charge in [-0.1, -0.05) is 12.8 Å². The summed E-state index contributed by atoms with van der Waals surface area (Å²) in [5, 5.41) is 4.13. The minimum atomic E-state index is 0.279. The molecule has 0 aliphatic heterocycles. The molecule has 0 radical (unpaired) electrons. The van der Waals surface area contributed by atoms with E-state index in [4.69, 9.17) is 5.84 Å². The number of hydrazine groups is 1. The van der Waals surface area contributed by atoms with Gasteiger partial charge in [-0.3, -0.25) is 16.0 Å². The fourth-order valence-corrected chi connectivity index (χ4v) is 1.61. The van der Waals surface area contributed by atoms with Crippen molar-refractivity contribution in [3.05, 3.63) is 18.0 Å². The summed E-state index contributed by atoms with van der Waals surface area (Å²) in [5.74, 6) is 6.38. The first-order chi connectivity index (χ1) is 6.29. The van der Waals surface area contributed by atoms with Gasteiger partial charge in [0.05, 0.1) is 6.20 Å². The van der Waals surface area contributed by atoms with Gasteiger partial charge in [-0.05, 0) is 12.3 Å². The summed E-state index contributed by atoms with van der Waals surface area (Å²) in [5.41, 5.74) is 4.04. The van der Waals surface area contributed by atoms with Crippen molar-refractivity contribution in [1.82, 2.24) is 15.2 Å². The van der Waals surface area contributed by atoms with Gasteiger partial charge in [-0.25, -0.2) is 0 Å². The quantitative estimate of drug-likeness (QED) is 0.530. The van der Waals surface area contributed by atoms with Gasteiger partial charge < -0.3 is 0 Å². The van der Waals surface area contributed by atoms with E-state index < -0.39 is 0 Å². The summed E-state index contributed by atoms with van der Waals surface area (Å²) < 4.78 is 1.81. The average Bonchev–Trinajstić information content (AvgIpc) is 2.84. The third-order valence-corrected chi connectivity index (χ3v) is 2.59. The Balaban J connectivity index is 2.01. The van der Waals surface area contributed by atoms with E-state index in [1.807, 2.05) is 24.1 Å². The maximum absolute atomic E-state index is 5.50. The summed E-state index contributed by atoms with van der Waals surface area (Å²) in [4.78, 5) is 0. The lowest BCUT2D eigenvalue weighted by atomic mass is 10.1. The standard InChI is InChI=1S/C9H16N4/c1-13-6-8(5-11-13)9(12-10)4-7-2-3-7/h5-7,9,12H,2-4,10H2,1H3. The maximum Gasteiger partial charge on any atom is 0.0538 e. The zero-order chi connectivity index (χ0) is 9.26. The fourth-order valence-electron chi connectivity index (χ4n) is 1.61. The highest BCUT2D eigenvalue weighted by Gasteiger charge is 2.26. The van der Waals surface area contributed by atoms with Crippen molar-refractivity contribution in [2.75, 3.05) is 0 Å². The van der Waals surface area contributed by atoms with E-state index in [9.17, 15) is 0 Å². The zero-order valence-electron chi connectivity index (χ0n) is 7.90. The lowest BCUT2D eigenvalue weighted by Gasteiger charge is -2.12. The molecule has 1 heterocycles. The second kappa shape index (κ2) is 3.47. The van der Waals surface area contributed by atoms with Gasteiger partial charge in [0, 0.05) is 24.8 Å². The topological polar surface area (TPSA) is 55.9 Å². The Morgan fingerprint density at radius 3 is 3.00 bits per heavy atom. The van der Waals surface area contributed by atoms with Crippen LogP contribution in [-0.4, -0.2) is 9.78 Å². The molecule has 1 saturated carbocycles. The number of aromatic nitrogens is 2. The van der Waals surface area contributed by atoms with Gasteiger partial charge in [0.25, 0.3) is 0 Å². The first kappa shape index (κ1) is 8.72. The molecule has 4 nitrogen and oxygen atoms in total. The molecule has 72 valence electrons. The molecule has 4 heteroatoms. The van der Waals surface area contributed by atoms with Crippen LogP contribution in [0.15, 0.2) is 12.4 Å². The number of hydrogen-bond acceptors (Lipinski definition) is 3. The molecule has 1 aromatic heterocycles. The van der Waals surface area contributed by atoms with E-state index in [1.54, 1.807) is 0 Å². The van der Waals surface area contributed by atoms with E-state index in [0.29, 0.717) is 0 Å². The highest BCUT2D eigenvalue weighted by molar-refractivity contribution is 5.10. The van der Waals surface area contributed by atoms with E-state index >= 15 is 0 Å². The number of nitrogens with two attached hydrogens (primary N) is 1. The highest BCUT2D eigenvalue weighted by atomic mass is 15.3. The summed E-state index contributed by atoms with van der Waals surface area (Å²) >= 11 is 0. The van der Waals surface area contributed by atoms with Crippen LogP contribution in [0.25, 0.3) is 0 Å². The zero-order valence-corrected chi connectivity index (χ0v) is 7.90. The molecule has 2 rings (SSSR count). The lowest BCUT2D eigenvalue weighted by molar-refractivity contribution is 0.487. The van der Waals surface area contributed by atoms with Gasteiger partial charge in [0.2, 0.25) is 0 Å². The van der Waals surface area contributed by atoms with Gasteiger partial charge in [0.1, 0.15) is 0 Å². The van der Waals surface area contributed by atoms with Crippen LogP contribution < -0.4 is 11.3 Å². The van der Waals surface area contributed by atoms with Crippen LogP contribution >= 0.6 is 0 Å². The summed E-state index contributed by atoms with van der Waals surface area (Å²) in [6.07, 6.45) is 7.76. The number of nitrogens with zero attached hydrogens (tertiary/aromatic N) is 2. The maximum atomic E-state index is 5.50. The number of rotatable bonds is 4. The van der Waals surface area contributed by atoms with Crippen molar-refractivity contribution in [3.8, 4) is 0 Å².